The fourth-order valence-electron chi connectivity index (χ4n) is 2.27. The van der Waals surface area contributed by atoms with Gasteiger partial charge in [-0.3, -0.25) is 9.78 Å². The van der Waals surface area contributed by atoms with Gasteiger partial charge in [0.2, 0.25) is 0 Å². The van der Waals surface area contributed by atoms with Gasteiger partial charge in [0.25, 0.3) is 0 Å². The lowest BCUT2D eigenvalue weighted by atomic mass is 9.94. The number of carboxylic acids is 1. The smallest absolute Gasteiger partial charge is 0.314 e. The first-order valence-corrected chi connectivity index (χ1v) is 6.08. The first-order chi connectivity index (χ1) is 9.12. The zero-order valence-electron chi connectivity index (χ0n) is 10.1. The summed E-state index contributed by atoms with van der Waals surface area (Å²) in [5.41, 5.74) is 1.52. The fraction of sp³-hybridized carbons (Fsp3) is 0.200. The number of aliphatic carboxylic acids is 1. The van der Waals surface area contributed by atoms with Gasteiger partial charge < -0.3 is 5.11 Å². The van der Waals surface area contributed by atoms with Crippen LogP contribution >= 0.6 is 0 Å². The van der Waals surface area contributed by atoms with Crippen molar-refractivity contribution in [3.05, 3.63) is 54.0 Å². The Kier molecular flexibility index (Phi) is 2.59. The molecule has 3 rings (SSSR count). The van der Waals surface area contributed by atoms with Crippen molar-refractivity contribution in [2.24, 2.45) is 0 Å². The van der Waals surface area contributed by atoms with E-state index in [1.54, 1.807) is 6.07 Å². The lowest BCUT2D eigenvalue weighted by Crippen LogP contribution is -2.19. The van der Waals surface area contributed by atoms with Crippen molar-refractivity contribution in [2.75, 3.05) is 0 Å². The average molecular weight is 257 g/mol. The van der Waals surface area contributed by atoms with Crippen LogP contribution in [0.15, 0.2) is 42.6 Å². The van der Waals surface area contributed by atoms with Crippen molar-refractivity contribution < 1.29 is 14.3 Å². The van der Waals surface area contributed by atoms with Crippen molar-refractivity contribution in [1.29, 1.82) is 0 Å². The van der Waals surface area contributed by atoms with E-state index in [4.69, 9.17) is 0 Å². The Morgan fingerprint density at radius 1 is 1.26 bits per heavy atom. The minimum absolute atomic E-state index is 0.385. The molecule has 1 N–H and O–H groups in total. The first-order valence-electron chi connectivity index (χ1n) is 6.08. The summed E-state index contributed by atoms with van der Waals surface area (Å²) in [5.74, 6) is -1.17. The van der Waals surface area contributed by atoms with Crippen molar-refractivity contribution in [1.82, 2.24) is 4.98 Å². The van der Waals surface area contributed by atoms with Gasteiger partial charge in [-0.25, -0.2) is 4.39 Å². The van der Waals surface area contributed by atoms with Crippen LogP contribution in [0.5, 0.6) is 0 Å². The van der Waals surface area contributed by atoms with E-state index in [-0.39, 0.29) is 5.82 Å². The minimum atomic E-state index is -0.781. The zero-order chi connectivity index (χ0) is 13.5. The van der Waals surface area contributed by atoms with Crippen LogP contribution in [0.25, 0.3) is 11.3 Å². The number of aromatic nitrogens is 1. The van der Waals surface area contributed by atoms with Crippen LogP contribution in [0.4, 0.5) is 4.39 Å². The SMILES string of the molecule is O=C(O)C1(c2cccc(-c3ccc(F)cn3)c2)CC1. The second-order valence-corrected chi connectivity index (χ2v) is 4.83. The molecule has 2 aromatic rings. The molecule has 1 heterocycles. The summed E-state index contributed by atoms with van der Waals surface area (Å²) >= 11 is 0. The number of benzene rings is 1. The highest BCUT2D eigenvalue weighted by molar-refractivity contribution is 5.85. The molecule has 19 heavy (non-hydrogen) atoms. The maximum Gasteiger partial charge on any atom is 0.314 e. The molecule has 0 radical (unpaired) electrons. The van der Waals surface area contributed by atoms with Gasteiger partial charge in [0.1, 0.15) is 5.82 Å². The molecule has 1 aromatic heterocycles. The summed E-state index contributed by atoms with van der Waals surface area (Å²) < 4.78 is 12.8. The second kappa shape index (κ2) is 4.16. The quantitative estimate of drug-likeness (QED) is 0.919. The van der Waals surface area contributed by atoms with Crippen LogP contribution in [0.3, 0.4) is 0 Å². The van der Waals surface area contributed by atoms with E-state index in [2.05, 4.69) is 4.98 Å². The average Bonchev–Trinajstić information content (AvgIpc) is 3.21. The van der Waals surface area contributed by atoms with Gasteiger partial charge in [-0.1, -0.05) is 18.2 Å². The highest BCUT2D eigenvalue weighted by Crippen LogP contribution is 2.48. The second-order valence-electron chi connectivity index (χ2n) is 4.83. The molecule has 0 aliphatic heterocycles. The molecule has 1 saturated carbocycles. The Bertz CT molecular complexity index is 633. The Balaban J connectivity index is 2.01. The van der Waals surface area contributed by atoms with Crippen LogP contribution < -0.4 is 0 Å². The van der Waals surface area contributed by atoms with Crippen LogP contribution in [0, 0.1) is 5.82 Å². The third-order valence-electron chi connectivity index (χ3n) is 3.60. The molecular formula is C15H12FNO2. The van der Waals surface area contributed by atoms with Crippen LogP contribution in [0.2, 0.25) is 0 Å². The topological polar surface area (TPSA) is 50.2 Å². The number of nitrogens with zero attached hydrogens (tertiary/aromatic N) is 1. The standard InChI is InChI=1S/C15H12FNO2/c16-12-4-5-13(17-9-12)10-2-1-3-11(8-10)15(6-7-15)14(18)19/h1-5,8-9H,6-7H2,(H,18,19). The van der Waals surface area contributed by atoms with Gasteiger partial charge in [-0.05, 0) is 36.6 Å². The minimum Gasteiger partial charge on any atom is -0.481 e. The van der Waals surface area contributed by atoms with Gasteiger partial charge in [0.15, 0.2) is 0 Å². The van der Waals surface area contributed by atoms with Crippen LogP contribution in [-0.4, -0.2) is 16.1 Å². The molecule has 1 aliphatic carbocycles. The molecule has 0 unspecified atom stereocenters. The Morgan fingerprint density at radius 3 is 2.63 bits per heavy atom. The van der Waals surface area contributed by atoms with Gasteiger partial charge in [0.05, 0.1) is 17.3 Å². The summed E-state index contributed by atoms with van der Waals surface area (Å²) in [7, 11) is 0. The number of carbonyl (C=O) groups is 1. The van der Waals surface area contributed by atoms with Crippen molar-refractivity contribution >= 4 is 5.97 Å². The lowest BCUT2D eigenvalue weighted by molar-refractivity contribution is -0.140. The lowest BCUT2D eigenvalue weighted by Gasteiger charge is -2.11. The summed E-state index contributed by atoms with van der Waals surface area (Å²) in [6, 6.07) is 10.3. The number of hydrogen-bond donors (Lipinski definition) is 1. The summed E-state index contributed by atoms with van der Waals surface area (Å²) in [4.78, 5) is 15.3. The van der Waals surface area contributed by atoms with Crippen molar-refractivity contribution in [2.45, 2.75) is 18.3 Å². The molecule has 0 saturated heterocycles. The molecule has 0 spiro atoms. The molecule has 1 fully saturated rings. The zero-order valence-corrected chi connectivity index (χ0v) is 10.1. The monoisotopic (exact) mass is 257 g/mol. The number of rotatable bonds is 3. The molecular weight excluding hydrogens is 245 g/mol. The third-order valence-corrected chi connectivity index (χ3v) is 3.60. The molecule has 0 bridgehead atoms. The molecule has 4 heteroatoms. The highest BCUT2D eigenvalue weighted by Gasteiger charge is 2.51. The largest absolute Gasteiger partial charge is 0.481 e. The van der Waals surface area contributed by atoms with Crippen molar-refractivity contribution in [3.63, 3.8) is 0 Å². The Labute approximate surface area is 109 Å². The first kappa shape index (κ1) is 11.8. The predicted octanol–water partition coefficient (Wildman–Crippen LogP) is 3.00. The number of hydrogen-bond acceptors (Lipinski definition) is 2. The maximum absolute atomic E-state index is 12.8. The summed E-state index contributed by atoms with van der Waals surface area (Å²) in [5, 5.41) is 9.29. The molecule has 1 aliphatic rings. The van der Waals surface area contributed by atoms with Crippen LogP contribution in [-0.2, 0) is 10.2 Å². The molecule has 96 valence electrons. The normalized spacial score (nSPS) is 16.1. The number of carboxylic acid groups (broad SMARTS) is 1. The van der Waals surface area contributed by atoms with E-state index < -0.39 is 11.4 Å². The summed E-state index contributed by atoms with van der Waals surface area (Å²) in [6.07, 6.45) is 2.50. The van der Waals surface area contributed by atoms with E-state index in [1.165, 1.54) is 6.07 Å². The predicted molar refractivity (Wildman–Crippen MR) is 68.2 cm³/mol. The molecule has 3 nitrogen and oxygen atoms in total. The Hall–Kier alpha value is -2.23. The highest BCUT2D eigenvalue weighted by atomic mass is 19.1. The van der Waals surface area contributed by atoms with E-state index in [0.29, 0.717) is 18.5 Å². The number of halogens is 1. The van der Waals surface area contributed by atoms with E-state index in [0.717, 1.165) is 17.3 Å². The summed E-state index contributed by atoms with van der Waals surface area (Å²) in [6.45, 7) is 0. The van der Waals surface area contributed by atoms with Gasteiger partial charge in [-0.15, -0.1) is 0 Å². The fourth-order valence-corrected chi connectivity index (χ4v) is 2.27. The Morgan fingerprint density at radius 2 is 2.05 bits per heavy atom. The van der Waals surface area contributed by atoms with Crippen molar-refractivity contribution in [3.8, 4) is 11.3 Å². The van der Waals surface area contributed by atoms with Gasteiger partial charge >= 0.3 is 5.97 Å². The third kappa shape index (κ3) is 1.99. The number of pyridine rings is 1. The van der Waals surface area contributed by atoms with Gasteiger partial charge in [0, 0.05) is 5.56 Å². The molecule has 0 atom stereocenters. The maximum atomic E-state index is 12.8. The van der Waals surface area contributed by atoms with E-state index in [1.807, 2.05) is 24.3 Å². The van der Waals surface area contributed by atoms with Crippen LogP contribution in [0.1, 0.15) is 18.4 Å². The molecule has 1 aromatic carbocycles. The van der Waals surface area contributed by atoms with E-state index in [9.17, 15) is 14.3 Å². The van der Waals surface area contributed by atoms with E-state index >= 15 is 0 Å². The molecule has 0 amide bonds. The van der Waals surface area contributed by atoms with Gasteiger partial charge in [-0.2, -0.15) is 0 Å².